The number of hydrogen-bond acceptors (Lipinski definition) is 7. The van der Waals surface area contributed by atoms with Crippen LogP contribution in [0.1, 0.15) is 20.9 Å². The molecule has 0 aliphatic carbocycles. The maximum atomic E-state index is 13.4. The molecule has 5 rings (SSSR count). The first-order valence-corrected chi connectivity index (χ1v) is 14.4. The highest BCUT2D eigenvalue weighted by atomic mass is 32.2. The molecule has 0 fully saturated rings. The molecule has 1 heterocycles. The fourth-order valence-corrected chi connectivity index (χ4v) is 5.26. The number of aromatic nitrogens is 2. The van der Waals surface area contributed by atoms with E-state index in [0.29, 0.717) is 16.4 Å². The Morgan fingerprint density at radius 2 is 1.56 bits per heavy atom. The lowest BCUT2D eigenvalue weighted by atomic mass is 10.0. The van der Waals surface area contributed by atoms with Crippen molar-refractivity contribution < 1.29 is 14.4 Å². The van der Waals surface area contributed by atoms with E-state index in [0.717, 1.165) is 26.2 Å². The minimum atomic E-state index is -0.464. The summed E-state index contributed by atoms with van der Waals surface area (Å²) in [5.41, 5.74) is 1.90. The molecule has 5 aromatic rings. The Kier molecular flexibility index (Phi) is 8.82. The van der Waals surface area contributed by atoms with Crippen LogP contribution in [0.25, 0.3) is 16.8 Å². The van der Waals surface area contributed by atoms with Crippen molar-refractivity contribution in [1.29, 1.82) is 0 Å². The van der Waals surface area contributed by atoms with Crippen molar-refractivity contribution in [2.24, 2.45) is 0 Å². The number of carbonyl (C=O) groups is 3. The number of amides is 3. The Labute approximate surface area is 244 Å². The van der Waals surface area contributed by atoms with E-state index in [1.54, 1.807) is 42.5 Å². The van der Waals surface area contributed by atoms with Gasteiger partial charge in [0.2, 0.25) is 11.0 Å². The van der Waals surface area contributed by atoms with Crippen molar-refractivity contribution in [2.75, 3.05) is 16.4 Å². The molecule has 3 N–H and O–H groups in total. The van der Waals surface area contributed by atoms with Crippen molar-refractivity contribution in [2.45, 2.75) is 11.8 Å². The fourth-order valence-electron chi connectivity index (χ4n) is 3.96. The molecule has 10 heteroatoms. The molecule has 0 spiro atoms. The zero-order valence-corrected chi connectivity index (χ0v) is 23.6. The van der Waals surface area contributed by atoms with Crippen molar-refractivity contribution in [1.82, 2.24) is 15.5 Å². The van der Waals surface area contributed by atoms with E-state index >= 15 is 0 Å². The molecule has 0 aliphatic heterocycles. The summed E-state index contributed by atoms with van der Waals surface area (Å²) < 4.78 is 0. The SMILES string of the molecule is Cc1nnc(NC(=O)CSc2ccc(NC(=O)/C(=C/c3cccc4ccccc34)NC(=O)c3ccccc3)cc2)s1. The molecular formula is C31H25N5O3S2. The molecule has 0 unspecified atom stereocenters. The third-order valence-electron chi connectivity index (χ3n) is 5.91. The average Bonchev–Trinajstić information content (AvgIpc) is 3.41. The van der Waals surface area contributed by atoms with Gasteiger partial charge >= 0.3 is 0 Å². The predicted octanol–water partition coefficient (Wildman–Crippen LogP) is 6.14. The quantitative estimate of drug-likeness (QED) is 0.143. The van der Waals surface area contributed by atoms with Gasteiger partial charge in [0.25, 0.3) is 11.8 Å². The van der Waals surface area contributed by atoms with Gasteiger partial charge in [0.15, 0.2) is 0 Å². The molecule has 8 nitrogen and oxygen atoms in total. The summed E-state index contributed by atoms with van der Waals surface area (Å²) in [7, 11) is 0. The second-order valence-electron chi connectivity index (χ2n) is 8.89. The summed E-state index contributed by atoms with van der Waals surface area (Å²) in [6.45, 7) is 1.82. The number of rotatable bonds is 9. The van der Waals surface area contributed by atoms with Crippen LogP contribution in [0.4, 0.5) is 10.8 Å². The zero-order valence-electron chi connectivity index (χ0n) is 22.0. The summed E-state index contributed by atoms with van der Waals surface area (Å²) in [5, 5.41) is 19.4. The number of fused-ring (bicyclic) bond motifs is 1. The molecule has 1 aromatic heterocycles. The van der Waals surface area contributed by atoms with E-state index < -0.39 is 5.91 Å². The van der Waals surface area contributed by atoms with E-state index in [1.807, 2.05) is 67.6 Å². The molecule has 204 valence electrons. The molecule has 0 saturated heterocycles. The molecule has 0 atom stereocenters. The van der Waals surface area contributed by atoms with Gasteiger partial charge in [-0.15, -0.1) is 22.0 Å². The Bertz CT molecular complexity index is 1730. The van der Waals surface area contributed by atoms with Crippen LogP contribution in [0.3, 0.4) is 0 Å². The van der Waals surface area contributed by atoms with E-state index in [-0.39, 0.29) is 23.3 Å². The Morgan fingerprint density at radius 1 is 0.829 bits per heavy atom. The van der Waals surface area contributed by atoms with Gasteiger partial charge in [0, 0.05) is 16.1 Å². The number of aryl methyl sites for hydroxylation is 1. The maximum Gasteiger partial charge on any atom is 0.272 e. The lowest BCUT2D eigenvalue weighted by Crippen LogP contribution is -2.30. The number of carbonyl (C=O) groups excluding carboxylic acids is 3. The number of thioether (sulfide) groups is 1. The van der Waals surface area contributed by atoms with Crippen molar-refractivity contribution in [3.05, 3.63) is 119 Å². The molecule has 41 heavy (non-hydrogen) atoms. The van der Waals surface area contributed by atoms with Gasteiger partial charge in [-0.05, 0) is 65.7 Å². The summed E-state index contributed by atoms with van der Waals surface area (Å²) in [5.74, 6) is -0.829. The van der Waals surface area contributed by atoms with Gasteiger partial charge in [-0.3, -0.25) is 19.7 Å². The largest absolute Gasteiger partial charge is 0.321 e. The molecule has 0 saturated carbocycles. The van der Waals surface area contributed by atoms with Crippen molar-refractivity contribution >= 4 is 68.5 Å². The van der Waals surface area contributed by atoms with Gasteiger partial charge in [-0.25, -0.2) is 0 Å². The van der Waals surface area contributed by atoms with Gasteiger partial charge in [-0.2, -0.15) is 0 Å². The predicted molar refractivity (Wildman–Crippen MR) is 165 cm³/mol. The Morgan fingerprint density at radius 3 is 2.32 bits per heavy atom. The number of nitrogens with zero attached hydrogens (tertiary/aromatic N) is 2. The minimum Gasteiger partial charge on any atom is -0.321 e. The van der Waals surface area contributed by atoms with Crippen LogP contribution < -0.4 is 16.0 Å². The highest BCUT2D eigenvalue weighted by Gasteiger charge is 2.16. The van der Waals surface area contributed by atoms with E-state index in [9.17, 15) is 14.4 Å². The standard InChI is InChI=1S/C31H25N5O3S2/c1-20-35-36-31(41-20)34-28(37)19-40-25-16-14-24(15-17-25)32-30(39)27(33-29(38)22-9-3-2-4-10-22)18-23-12-7-11-21-8-5-6-13-26(21)23/h2-18H,19H2,1H3,(H,32,39)(H,33,38)(H,34,36,37)/b27-18-. The summed E-state index contributed by atoms with van der Waals surface area (Å²) >= 11 is 2.68. The molecular weight excluding hydrogens is 555 g/mol. The van der Waals surface area contributed by atoms with Crippen LogP contribution in [0.15, 0.2) is 108 Å². The number of anilines is 2. The first kappa shape index (κ1) is 27.8. The maximum absolute atomic E-state index is 13.4. The van der Waals surface area contributed by atoms with Crippen LogP contribution in [0, 0.1) is 6.92 Å². The molecule has 0 aliphatic rings. The van der Waals surface area contributed by atoms with Crippen LogP contribution in [-0.4, -0.2) is 33.7 Å². The molecule has 4 aromatic carbocycles. The summed E-state index contributed by atoms with van der Waals surface area (Å²) in [6.07, 6.45) is 1.68. The minimum absolute atomic E-state index is 0.109. The average molecular weight is 580 g/mol. The first-order chi connectivity index (χ1) is 19.9. The highest BCUT2D eigenvalue weighted by Crippen LogP contribution is 2.23. The van der Waals surface area contributed by atoms with Gasteiger partial charge in [-0.1, -0.05) is 72.0 Å². The van der Waals surface area contributed by atoms with Crippen LogP contribution >= 0.6 is 23.1 Å². The van der Waals surface area contributed by atoms with Gasteiger partial charge < -0.3 is 10.6 Å². The third-order valence-corrected chi connectivity index (χ3v) is 7.67. The summed E-state index contributed by atoms with van der Waals surface area (Å²) in [4.78, 5) is 39.5. The molecule has 0 radical (unpaired) electrons. The normalized spacial score (nSPS) is 11.2. The zero-order chi connectivity index (χ0) is 28.6. The van der Waals surface area contributed by atoms with Crippen molar-refractivity contribution in [3.8, 4) is 0 Å². The van der Waals surface area contributed by atoms with Crippen LogP contribution in [0.5, 0.6) is 0 Å². The molecule has 0 bridgehead atoms. The smallest absolute Gasteiger partial charge is 0.272 e. The number of nitrogens with one attached hydrogen (secondary N) is 3. The highest BCUT2D eigenvalue weighted by molar-refractivity contribution is 8.00. The topological polar surface area (TPSA) is 113 Å². The van der Waals surface area contributed by atoms with Gasteiger partial charge in [0.05, 0.1) is 5.75 Å². The van der Waals surface area contributed by atoms with Crippen LogP contribution in [0.2, 0.25) is 0 Å². The van der Waals surface area contributed by atoms with Crippen LogP contribution in [-0.2, 0) is 9.59 Å². The lowest BCUT2D eigenvalue weighted by Gasteiger charge is -2.12. The molecule has 3 amide bonds. The monoisotopic (exact) mass is 579 g/mol. The number of benzene rings is 4. The van der Waals surface area contributed by atoms with Crippen molar-refractivity contribution in [3.63, 3.8) is 0 Å². The fraction of sp³-hybridized carbons (Fsp3) is 0.0645. The first-order valence-electron chi connectivity index (χ1n) is 12.6. The third kappa shape index (κ3) is 7.44. The lowest BCUT2D eigenvalue weighted by molar-refractivity contribution is -0.114. The Balaban J connectivity index is 1.30. The second-order valence-corrected chi connectivity index (χ2v) is 11.1. The van der Waals surface area contributed by atoms with E-state index in [2.05, 4.69) is 26.1 Å². The summed E-state index contributed by atoms with van der Waals surface area (Å²) in [6, 6.07) is 29.5. The van der Waals surface area contributed by atoms with E-state index in [1.165, 1.54) is 23.1 Å². The van der Waals surface area contributed by atoms with E-state index in [4.69, 9.17) is 0 Å². The number of hydrogen-bond donors (Lipinski definition) is 3. The second kappa shape index (κ2) is 13.0. The Hall–Kier alpha value is -4.80. The van der Waals surface area contributed by atoms with Gasteiger partial charge in [0.1, 0.15) is 10.7 Å².